The van der Waals surface area contributed by atoms with E-state index in [0.29, 0.717) is 10.8 Å². The van der Waals surface area contributed by atoms with Crippen molar-refractivity contribution in [2.24, 2.45) is 52.3 Å². The average Bonchev–Trinajstić information content (AvgIpc) is 3.15. The summed E-state index contributed by atoms with van der Waals surface area (Å²) in [6, 6.07) is 0. The van der Waals surface area contributed by atoms with Crippen LogP contribution in [0.5, 0.6) is 0 Å². The first kappa shape index (κ1) is 26.3. The second-order valence-corrected chi connectivity index (χ2v) is 14.0. The highest BCUT2D eigenvalue weighted by Gasteiger charge is 2.61. The molecular weight excluding hydrogens is 410 g/mol. The lowest BCUT2D eigenvalue weighted by molar-refractivity contribution is -0.137. The molecule has 1 N–H and O–H groups in total. The molecule has 0 spiro atoms. The van der Waals surface area contributed by atoms with Gasteiger partial charge in [-0.3, -0.25) is 0 Å². The van der Waals surface area contributed by atoms with Gasteiger partial charge in [-0.25, -0.2) is 0 Å². The number of hydrogen-bond donors (Lipinski definition) is 1. The lowest BCUT2D eigenvalue weighted by Gasteiger charge is -2.62. The molecule has 0 aromatic rings. The minimum absolute atomic E-state index is 0.583. The Kier molecular flexibility index (Phi) is 8.31. The molecule has 4 aliphatic rings. The van der Waals surface area contributed by atoms with Gasteiger partial charge >= 0.3 is 0 Å². The van der Waals surface area contributed by atoms with Crippen LogP contribution in [0.25, 0.3) is 0 Å². The Bertz CT molecular complexity index is 722. The summed E-state index contributed by atoms with van der Waals surface area (Å²) in [5.41, 5.74) is 3.87. The van der Waals surface area contributed by atoms with Crippen LogP contribution in [-0.4, -0.2) is 6.54 Å². The summed E-state index contributed by atoms with van der Waals surface area (Å²) in [5.74, 6) is 6.71. The molecule has 4 aliphatic carbocycles. The van der Waals surface area contributed by atoms with Crippen LogP contribution in [0, 0.1) is 52.3 Å². The third-order valence-corrected chi connectivity index (χ3v) is 12.1. The lowest BCUT2D eigenvalue weighted by Crippen LogP contribution is -2.55. The molecule has 0 aromatic carbocycles. The molecule has 194 valence electrons. The van der Waals surface area contributed by atoms with E-state index in [1.807, 2.05) is 0 Å². The van der Waals surface area contributed by atoms with Crippen molar-refractivity contribution in [1.82, 2.24) is 5.32 Å². The summed E-state index contributed by atoms with van der Waals surface area (Å²) in [4.78, 5) is 0. The maximum absolute atomic E-state index is 4.36. The van der Waals surface area contributed by atoms with Crippen molar-refractivity contribution in [3.8, 4) is 0 Å². The van der Waals surface area contributed by atoms with E-state index in [1.54, 1.807) is 0 Å². The summed E-state index contributed by atoms with van der Waals surface area (Å²) < 4.78 is 0. The van der Waals surface area contributed by atoms with Crippen molar-refractivity contribution >= 4 is 0 Å². The van der Waals surface area contributed by atoms with Crippen molar-refractivity contribution < 1.29 is 0 Å². The maximum atomic E-state index is 4.36. The molecule has 0 aliphatic heterocycles. The molecule has 1 nitrogen and oxygen atoms in total. The van der Waals surface area contributed by atoms with Crippen LogP contribution >= 0.6 is 0 Å². The zero-order valence-electron chi connectivity index (χ0n) is 23.6. The van der Waals surface area contributed by atoms with Gasteiger partial charge in [0.05, 0.1) is 0 Å². The normalized spacial score (nSPS) is 42.3. The van der Waals surface area contributed by atoms with Crippen molar-refractivity contribution in [2.45, 2.75) is 125 Å². The topological polar surface area (TPSA) is 12.0 Å². The Morgan fingerprint density at radius 2 is 1.71 bits per heavy atom. The third-order valence-electron chi connectivity index (χ3n) is 12.1. The number of nitrogens with one attached hydrogen (secondary N) is 1. The monoisotopic (exact) mass is 467 g/mol. The Labute approximate surface area is 213 Å². The van der Waals surface area contributed by atoms with E-state index >= 15 is 0 Å². The molecule has 0 radical (unpaired) electrons. The molecule has 0 aromatic heterocycles. The van der Waals surface area contributed by atoms with Gasteiger partial charge in [0.2, 0.25) is 0 Å². The highest BCUT2D eigenvalue weighted by atomic mass is 14.9. The minimum Gasteiger partial charge on any atom is -0.388 e. The van der Waals surface area contributed by atoms with Crippen LogP contribution in [0.4, 0.5) is 0 Å². The number of allylic oxidation sites excluding steroid dienone is 1. The van der Waals surface area contributed by atoms with Crippen LogP contribution in [0.2, 0.25) is 0 Å². The zero-order valence-corrected chi connectivity index (χ0v) is 23.6. The minimum atomic E-state index is 0.583. The molecule has 0 bridgehead atoms. The fraction of sp³-hybridized carbons (Fsp3) is 0.879. The Hall–Kier alpha value is -0.720. The Morgan fingerprint density at radius 3 is 2.47 bits per heavy atom. The molecule has 4 fully saturated rings. The lowest BCUT2D eigenvalue weighted by atomic mass is 9.42. The number of rotatable bonds is 10. The summed E-state index contributed by atoms with van der Waals surface area (Å²) in [7, 11) is 0. The first-order valence-electron chi connectivity index (χ1n) is 15.3. The van der Waals surface area contributed by atoms with Crippen molar-refractivity contribution in [2.75, 3.05) is 6.54 Å². The quantitative estimate of drug-likeness (QED) is 0.315. The summed E-state index contributed by atoms with van der Waals surface area (Å²) in [6.07, 6.45) is 19.5. The first-order valence-corrected chi connectivity index (χ1v) is 15.3. The standard InChI is InChI=1S/C33H57N/c1-8-11-23(2)18-21-34-26(5)14-13-24(3)28-15-16-29-31-25(4)22-27-12-9-10-19-32(27,6)30(31)17-20-33(28,29)7/h24-25,27-31,34H,2,5,8-22H2,1,3-4,6-7H3. The van der Waals surface area contributed by atoms with E-state index in [4.69, 9.17) is 0 Å². The third kappa shape index (κ3) is 4.93. The van der Waals surface area contributed by atoms with Gasteiger partial charge in [-0.2, -0.15) is 0 Å². The van der Waals surface area contributed by atoms with Gasteiger partial charge in [-0.1, -0.05) is 72.6 Å². The largest absolute Gasteiger partial charge is 0.388 e. The Balaban J connectivity index is 1.34. The first-order chi connectivity index (χ1) is 16.2. The molecule has 9 unspecified atom stereocenters. The number of fused-ring (bicyclic) bond motifs is 5. The van der Waals surface area contributed by atoms with Crippen LogP contribution in [-0.2, 0) is 0 Å². The van der Waals surface area contributed by atoms with Crippen molar-refractivity contribution in [3.63, 3.8) is 0 Å². The van der Waals surface area contributed by atoms with E-state index in [2.05, 4.69) is 53.1 Å². The fourth-order valence-electron chi connectivity index (χ4n) is 10.2. The second kappa shape index (κ2) is 10.7. The van der Waals surface area contributed by atoms with Gasteiger partial charge < -0.3 is 5.32 Å². The van der Waals surface area contributed by atoms with E-state index in [9.17, 15) is 0 Å². The predicted octanol–water partition coefficient (Wildman–Crippen LogP) is 9.55. The van der Waals surface area contributed by atoms with Gasteiger partial charge in [-0.15, -0.1) is 0 Å². The molecule has 0 amide bonds. The molecule has 0 heterocycles. The molecule has 0 saturated heterocycles. The fourth-order valence-corrected chi connectivity index (χ4v) is 10.2. The summed E-state index contributed by atoms with van der Waals surface area (Å²) in [6.45, 7) is 22.5. The van der Waals surface area contributed by atoms with Gasteiger partial charge in [0.15, 0.2) is 0 Å². The molecular formula is C33H57N. The molecule has 4 rings (SSSR count). The van der Waals surface area contributed by atoms with Crippen LogP contribution in [0.15, 0.2) is 24.4 Å². The average molecular weight is 468 g/mol. The van der Waals surface area contributed by atoms with E-state index in [1.165, 1.54) is 81.9 Å². The van der Waals surface area contributed by atoms with Gasteiger partial charge in [-0.05, 0) is 123 Å². The SMILES string of the molecule is C=C(CCC)CCNC(=C)CCC(C)C1CCC2C3C(C)CC4CCCCC4(C)C3CCC12C. The second-order valence-electron chi connectivity index (χ2n) is 14.0. The maximum Gasteiger partial charge on any atom is 0.0180 e. The predicted molar refractivity (Wildman–Crippen MR) is 149 cm³/mol. The summed E-state index contributed by atoms with van der Waals surface area (Å²) >= 11 is 0. The van der Waals surface area contributed by atoms with Gasteiger partial charge in [0.1, 0.15) is 0 Å². The smallest absolute Gasteiger partial charge is 0.0180 e. The van der Waals surface area contributed by atoms with Gasteiger partial charge in [0, 0.05) is 12.2 Å². The van der Waals surface area contributed by atoms with E-state index in [-0.39, 0.29) is 0 Å². The molecule has 34 heavy (non-hydrogen) atoms. The van der Waals surface area contributed by atoms with Crippen molar-refractivity contribution in [1.29, 1.82) is 0 Å². The van der Waals surface area contributed by atoms with E-state index < -0.39 is 0 Å². The zero-order chi connectivity index (χ0) is 24.5. The van der Waals surface area contributed by atoms with Crippen LogP contribution in [0.3, 0.4) is 0 Å². The van der Waals surface area contributed by atoms with Crippen molar-refractivity contribution in [3.05, 3.63) is 24.4 Å². The van der Waals surface area contributed by atoms with Crippen LogP contribution in [0.1, 0.15) is 125 Å². The molecule has 9 atom stereocenters. The Morgan fingerprint density at radius 1 is 0.941 bits per heavy atom. The molecule has 4 saturated carbocycles. The van der Waals surface area contributed by atoms with Gasteiger partial charge in [0.25, 0.3) is 0 Å². The highest BCUT2D eigenvalue weighted by Crippen LogP contribution is 2.69. The molecule has 1 heteroatoms. The number of hydrogen-bond acceptors (Lipinski definition) is 1. The summed E-state index contributed by atoms with van der Waals surface area (Å²) in [5, 5.41) is 3.60. The highest BCUT2D eigenvalue weighted by molar-refractivity contribution is 5.11. The van der Waals surface area contributed by atoms with E-state index in [0.717, 1.165) is 67.2 Å². The van der Waals surface area contributed by atoms with Crippen LogP contribution < -0.4 is 5.32 Å².